The molecule has 0 aliphatic heterocycles. The Balaban J connectivity index is 0.000000292. The zero-order valence-corrected chi connectivity index (χ0v) is 10.6. The smallest absolute Gasteiger partial charge is 0.0151 e. The lowest BCUT2D eigenvalue weighted by molar-refractivity contribution is 0.226. The van der Waals surface area contributed by atoms with Gasteiger partial charge in [-0.15, -0.1) is 0 Å². The van der Waals surface area contributed by atoms with E-state index in [-0.39, 0.29) is 5.54 Å². The zero-order valence-electron chi connectivity index (χ0n) is 10.6. The fraction of sp³-hybridized carbons (Fsp3) is 1.00. The van der Waals surface area contributed by atoms with Crippen molar-refractivity contribution < 1.29 is 0 Å². The molecule has 1 aliphatic rings. The molecule has 86 valence electrons. The zero-order chi connectivity index (χ0) is 11.0. The van der Waals surface area contributed by atoms with Gasteiger partial charge in [0.1, 0.15) is 0 Å². The molecule has 0 spiro atoms. The Hall–Kier alpha value is -0.0400. The summed E-state index contributed by atoms with van der Waals surface area (Å²) in [5.74, 6) is 0.728. The van der Waals surface area contributed by atoms with Gasteiger partial charge in [0.25, 0.3) is 0 Å². The van der Waals surface area contributed by atoms with Gasteiger partial charge in [0.05, 0.1) is 0 Å². The van der Waals surface area contributed by atoms with Crippen LogP contribution in [0.2, 0.25) is 0 Å². The van der Waals surface area contributed by atoms with Crippen LogP contribution in [0, 0.1) is 5.92 Å². The third-order valence-corrected chi connectivity index (χ3v) is 3.44. The fourth-order valence-electron chi connectivity index (χ4n) is 1.89. The first kappa shape index (κ1) is 14.0. The van der Waals surface area contributed by atoms with Crippen LogP contribution in [0.3, 0.4) is 0 Å². The fourth-order valence-corrected chi connectivity index (χ4v) is 1.89. The van der Waals surface area contributed by atoms with Crippen LogP contribution < -0.4 is 5.73 Å². The maximum Gasteiger partial charge on any atom is 0.0151 e. The molecule has 0 amide bonds. The molecule has 0 radical (unpaired) electrons. The van der Waals surface area contributed by atoms with Crippen molar-refractivity contribution in [3.63, 3.8) is 0 Å². The molecule has 0 aromatic heterocycles. The molecule has 1 aliphatic carbocycles. The van der Waals surface area contributed by atoms with Gasteiger partial charge in [-0.1, -0.05) is 52.9 Å². The molecule has 1 nitrogen and oxygen atoms in total. The highest BCUT2D eigenvalue weighted by molar-refractivity contribution is 4.87. The molecule has 14 heavy (non-hydrogen) atoms. The molecule has 0 heterocycles. The third-order valence-electron chi connectivity index (χ3n) is 3.44. The molecule has 0 aromatic rings. The van der Waals surface area contributed by atoms with E-state index in [0.29, 0.717) is 0 Å². The first-order valence-corrected chi connectivity index (χ1v) is 6.33. The van der Waals surface area contributed by atoms with Crippen LogP contribution in [-0.2, 0) is 0 Å². The lowest BCUT2D eigenvalue weighted by Gasteiger charge is -2.35. The Kier molecular flexibility index (Phi) is 7.26. The summed E-state index contributed by atoms with van der Waals surface area (Å²) in [7, 11) is 0. The third kappa shape index (κ3) is 5.64. The Morgan fingerprint density at radius 1 is 1.21 bits per heavy atom. The van der Waals surface area contributed by atoms with Crippen LogP contribution in [0.1, 0.15) is 72.6 Å². The van der Waals surface area contributed by atoms with Crippen molar-refractivity contribution in [3.05, 3.63) is 0 Å². The maximum absolute atomic E-state index is 6.02. The van der Waals surface area contributed by atoms with Gasteiger partial charge in [-0.2, -0.15) is 0 Å². The van der Waals surface area contributed by atoms with E-state index in [1.54, 1.807) is 0 Å². The summed E-state index contributed by atoms with van der Waals surface area (Å²) in [5.41, 5.74) is 6.16. The number of nitrogens with two attached hydrogens (primary N) is 1. The summed E-state index contributed by atoms with van der Waals surface area (Å²) in [6, 6.07) is 0. The topological polar surface area (TPSA) is 26.0 Å². The largest absolute Gasteiger partial charge is 0.325 e. The highest BCUT2D eigenvalue weighted by Gasteiger charge is 2.28. The van der Waals surface area contributed by atoms with Crippen molar-refractivity contribution in [2.24, 2.45) is 11.7 Å². The second kappa shape index (κ2) is 7.28. The van der Waals surface area contributed by atoms with Crippen LogP contribution in [0.5, 0.6) is 0 Å². The SMILES string of the molecule is CC1CCCCC1(C)N.CCCCC. The summed E-state index contributed by atoms with van der Waals surface area (Å²) >= 11 is 0. The van der Waals surface area contributed by atoms with Gasteiger partial charge in [0, 0.05) is 5.54 Å². The van der Waals surface area contributed by atoms with E-state index in [0.717, 1.165) is 5.92 Å². The van der Waals surface area contributed by atoms with Crippen molar-refractivity contribution in [2.75, 3.05) is 0 Å². The van der Waals surface area contributed by atoms with E-state index in [2.05, 4.69) is 27.7 Å². The standard InChI is InChI=1S/C8H17N.C5H12/c1-7-5-3-4-6-8(7,2)9;1-3-5-4-2/h7H,3-6,9H2,1-2H3;3-5H2,1-2H3. The highest BCUT2D eigenvalue weighted by atomic mass is 14.7. The van der Waals surface area contributed by atoms with E-state index in [4.69, 9.17) is 5.73 Å². The second-order valence-electron chi connectivity index (χ2n) is 5.01. The molecule has 0 bridgehead atoms. The Labute approximate surface area is 90.5 Å². The molecule has 1 fully saturated rings. The molecule has 2 N–H and O–H groups in total. The van der Waals surface area contributed by atoms with Gasteiger partial charge in [-0.3, -0.25) is 0 Å². The molecular formula is C13H29N. The lowest BCUT2D eigenvalue weighted by atomic mass is 9.76. The number of unbranched alkanes of at least 4 members (excludes halogenated alkanes) is 2. The van der Waals surface area contributed by atoms with Gasteiger partial charge in [0.2, 0.25) is 0 Å². The van der Waals surface area contributed by atoms with E-state index in [1.165, 1.54) is 44.9 Å². The Morgan fingerprint density at radius 3 is 2.00 bits per heavy atom. The number of hydrogen-bond donors (Lipinski definition) is 1. The molecule has 1 heteroatoms. The van der Waals surface area contributed by atoms with Crippen molar-refractivity contribution in [1.29, 1.82) is 0 Å². The van der Waals surface area contributed by atoms with E-state index >= 15 is 0 Å². The normalized spacial score (nSPS) is 31.9. The molecule has 0 aromatic carbocycles. The van der Waals surface area contributed by atoms with E-state index in [1.807, 2.05) is 0 Å². The minimum Gasteiger partial charge on any atom is -0.325 e. The quantitative estimate of drug-likeness (QED) is 0.711. The molecule has 0 saturated heterocycles. The predicted octanol–water partition coefficient (Wildman–Crippen LogP) is 4.11. The van der Waals surface area contributed by atoms with Gasteiger partial charge in [-0.25, -0.2) is 0 Å². The minimum atomic E-state index is 0.137. The molecule has 1 saturated carbocycles. The van der Waals surface area contributed by atoms with Gasteiger partial charge in [-0.05, 0) is 25.7 Å². The monoisotopic (exact) mass is 199 g/mol. The van der Waals surface area contributed by atoms with Crippen LogP contribution in [0.15, 0.2) is 0 Å². The molecule has 2 unspecified atom stereocenters. The molecular weight excluding hydrogens is 170 g/mol. The van der Waals surface area contributed by atoms with E-state index in [9.17, 15) is 0 Å². The molecule has 1 rings (SSSR count). The lowest BCUT2D eigenvalue weighted by Crippen LogP contribution is -2.44. The maximum atomic E-state index is 6.02. The first-order valence-electron chi connectivity index (χ1n) is 6.33. The second-order valence-corrected chi connectivity index (χ2v) is 5.01. The van der Waals surface area contributed by atoms with Crippen LogP contribution in [-0.4, -0.2) is 5.54 Å². The van der Waals surface area contributed by atoms with Crippen molar-refractivity contribution in [1.82, 2.24) is 0 Å². The van der Waals surface area contributed by atoms with Gasteiger partial charge < -0.3 is 5.73 Å². The van der Waals surface area contributed by atoms with Crippen molar-refractivity contribution in [2.45, 2.75) is 78.2 Å². The van der Waals surface area contributed by atoms with Crippen molar-refractivity contribution in [3.8, 4) is 0 Å². The molecule has 2 atom stereocenters. The van der Waals surface area contributed by atoms with Gasteiger partial charge in [0.15, 0.2) is 0 Å². The number of hydrogen-bond acceptors (Lipinski definition) is 1. The summed E-state index contributed by atoms with van der Waals surface area (Å²) < 4.78 is 0. The highest BCUT2D eigenvalue weighted by Crippen LogP contribution is 2.30. The van der Waals surface area contributed by atoms with Crippen LogP contribution in [0.4, 0.5) is 0 Å². The van der Waals surface area contributed by atoms with E-state index < -0.39 is 0 Å². The predicted molar refractivity (Wildman–Crippen MR) is 65.4 cm³/mol. The average Bonchev–Trinajstić information content (AvgIpc) is 2.13. The summed E-state index contributed by atoms with van der Waals surface area (Å²) in [6.45, 7) is 8.86. The first-order chi connectivity index (χ1) is 6.54. The van der Waals surface area contributed by atoms with Crippen LogP contribution >= 0.6 is 0 Å². The minimum absolute atomic E-state index is 0.137. The summed E-state index contributed by atoms with van der Waals surface area (Å²) in [6.07, 6.45) is 9.33. The Morgan fingerprint density at radius 2 is 1.79 bits per heavy atom. The average molecular weight is 199 g/mol. The Bertz CT molecular complexity index is 127. The van der Waals surface area contributed by atoms with Crippen molar-refractivity contribution >= 4 is 0 Å². The summed E-state index contributed by atoms with van der Waals surface area (Å²) in [5, 5.41) is 0. The summed E-state index contributed by atoms with van der Waals surface area (Å²) in [4.78, 5) is 0. The van der Waals surface area contributed by atoms with Gasteiger partial charge >= 0.3 is 0 Å². The number of rotatable bonds is 2. The van der Waals surface area contributed by atoms with Crippen LogP contribution in [0.25, 0.3) is 0 Å².